The SMILES string of the molecule is N#C[C-](c1ccccc1)c1ccccc1.[Na+]. The predicted molar refractivity (Wildman–Crippen MR) is 59.9 cm³/mol. The molecular weight excluding hydrogens is 205 g/mol. The molecule has 0 heterocycles. The minimum absolute atomic E-state index is 0. The van der Waals surface area contributed by atoms with Gasteiger partial charge in [0.15, 0.2) is 0 Å². The van der Waals surface area contributed by atoms with Gasteiger partial charge in [-0.3, -0.25) is 0 Å². The summed E-state index contributed by atoms with van der Waals surface area (Å²) in [5.74, 6) is 0.719. The minimum Gasteiger partial charge on any atom is -0.202 e. The molecule has 2 aromatic rings. The molecule has 0 saturated carbocycles. The second kappa shape index (κ2) is 6.40. The van der Waals surface area contributed by atoms with Crippen LogP contribution in [0.3, 0.4) is 0 Å². The van der Waals surface area contributed by atoms with Gasteiger partial charge in [-0.2, -0.15) is 0 Å². The molecule has 1 nitrogen and oxygen atoms in total. The normalized spacial score (nSPS) is 8.69. The first kappa shape index (κ1) is 12.9. The third-order valence-electron chi connectivity index (χ3n) is 2.24. The second-order valence-electron chi connectivity index (χ2n) is 3.22. The summed E-state index contributed by atoms with van der Waals surface area (Å²) in [7, 11) is 0. The van der Waals surface area contributed by atoms with Gasteiger partial charge in [0, 0.05) is 0 Å². The van der Waals surface area contributed by atoms with E-state index < -0.39 is 0 Å². The third-order valence-corrected chi connectivity index (χ3v) is 2.24. The van der Waals surface area contributed by atoms with E-state index in [-0.39, 0.29) is 29.6 Å². The topological polar surface area (TPSA) is 23.8 Å². The van der Waals surface area contributed by atoms with Gasteiger partial charge in [0.2, 0.25) is 0 Å². The van der Waals surface area contributed by atoms with Crippen LogP contribution in [-0.2, 0) is 0 Å². The van der Waals surface area contributed by atoms with Crippen molar-refractivity contribution in [3.05, 3.63) is 77.7 Å². The van der Waals surface area contributed by atoms with Crippen LogP contribution in [0.2, 0.25) is 0 Å². The molecule has 0 fully saturated rings. The van der Waals surface area contributed by atoms with E-state index >= 15 is 0 Å². The maximum Gasteiger partial charge on any atom is 1.00 e. The van der Waals surface area contributed by atoms with Crippen molar-refractivity contribution in [1.29, 1.82) is 5.26 Å². The van der Waals surface area contributed by atoms with Crippen LogP contribution < -0.4 is 29.6 Å². The maximum absolute atomic E-state index is 9.15. The van der Waals surface area contributed by atoms with Crippen molar-refractivity contribution in [2.75, 3.05) is 0 Å². The van der Waals surface area contributed by atoms with Crippen molar-refractivity contribution in [3.8, 4) is 6.07 Å². The van der Waals surface area contributed by atoms with Gasteiger partial charge in [-0.25, -0.2) is 5.26 Å². The van der Waals surface area contributed by atoms with Crippen molar-refractivity contribution in [2.45, 2.75) is 0 Å². The van der Waals surface area contributed by atoms with Crippen LogP contribution in [0, 0.1) is 17.2 Å². The Kier molecular flexibility index (Phi) is 5.14. The van der Waals surface area contributed by atoms with Crippen molar-refractivity contribution in [3.63, 3.8) is 0 Å². The Hall–Kier alpha value is -1.20. The summed E-state index contributed by atoms with van der Waals surface area (Å²) in [6, 6.07) is 21.7. The third kappa shape index (κ3) is 2.90. The van der Waals surface area contributed by atoms with E-state index in [4.69, 9.17) is 5.26 Å². The summed E-state index contributed by atoms with van der Waals surface area (Å²) in [4.78, 5) is 0. The molecule has 0 aromatic heterocycles. The molecule has 72 valence electrons. The van der Waals surface area contributed by atoms with Crippen molar-refractivity contribution < 1.29 is 29.6 Å². The quantitative estimate of drug-likeness (QED) is 0.518. The zero-order chi connectivity index (χ0) is 10.5. The van der Waals surface area contributed by atoms with Crippen molar-refractivity contribution >= 4 is 0 Å². The molecular formula is C14H10NNa. The van der Waals surface area contributed by atoms with E-state index in [1.165, 1.54) is 0 Å². The number of nitrogens with zero attached hydrogens (tertiary/aromatic N) is 1. The van der Waals surface area contributed by atoms with Crippen LogP contribution >= 0.6 is 0 Å². The Balaban J connectivity index is 0.00000128. The molecule has 0 aliphatic carbocycles. The van der Waals surface area contributed by atoms with E-state index in [1.54, 1.807) is 0 Å². The summed E-state index contributed by atoms with van der Waals surface area (Å²) in [6.07, 6.45) is 0. The molecule has 2 rings (SSSR count). The van der Waals surface area contributed by atoms with Crippen LogP contribution in [0.5, 0.6) is 0 Å². The number of hydrogen-bond donors (Lipinski definition) is 0. The van der Waals surface area contributed by atoms with Crippen LogP contribution in [0.4, 0.5) is 0 Å². The summed E-state index contributed by atoms with van der Waals surface area (Å²) >= 11 is 0. The molecule has 16 heavy (non-hydrogen) atoms. The van der Waals surface area contributed by atoms with Gasteiger partial charge in [0.1, 0.15) is 0 Å². The Morgan fingerprint density at radius 2 is 1.12 bits per heavy atom. The van der Waals surface area contributed by atoms with Crippen LogP contribution in [-0.4, -0.2) is 0 Å². The fraction of sp³-hybridized carbons (Fsp3) is 0. The minimum atomic E-state index is 0. The van der Waals surface area contributed by atoms with E-state index in [9.17, 15) is 0 Å². The summed E-state index contributed by atoms with van der Waals surface area (Å²) in [5, 5.41) is 9.15. The van der Waals surface area contributed by atoms with Crippen LogP contribution in [0.1, 0.15) is 11.1 Å². The van der Waals surface area contributed by atoms with E-state index in [2.05, 4.69) is 6.07 Å². The molecule has 0 bridgehead atoms. The molecule has 2 heteroatoms. The number of benzene rings is 2. The standard InChI is InChI=1S/C14H10N.Na/c15-11-14(12-7-3-1-4-8-12)13-9-5-2-6-10-13;/h1-10H;/q-1;+1. The van der Waals surface area contributed by atoms with Crippen LogP contribution in [0.25, 0.3) is 0 Å². The van der Waals surface area contributed by atoms with Crippen molar-refractivity contribution in [2.24, 2.45) is 0 Å². The monoisotopic (exact) mass is 215 g/mol. The molecule has 2 aromatic carbocycles. The number of rotatable bonds is 2. The molecule has 0 radical (unpaired) electrons. The first-order chi connectivity index (χ1) is 7.42. The summed E-state index contributed by atoms with van der Waals surface area (Å²) in [5.41, 5.74) is 1.93. The molecule has 0 amide bonds. The first-order valence-electron chi connectivity index (χ1n) is 4.79. The summed E-state index contributed by atoms with van der Waals surface area (Å²) < 4.78 is 0. The second-order valence-corrected chi connectivity index (χ2v) is 3.22. The van der Waals surface area contributed by atoms with Gasteiger partial charge < -0.3 is 0 Å². The van der Waals surface area contributed by atoms with Gasteiger partial charge in [-0.05, 0) is 5.92 Å². The average molecular weight is 215 g/mol. The Morgan fingerprint density at radius 1 is 0.750 bits per heavy atom. The average Bonchev–Trinajstić information content (AvgIpc) is 2.33. The smallest absolute Gasteiger partial charge is 0.202 e. The molecule has 0 saturated heterocycles. The van der Waals surface area contributed by atoms with E-state index in [0.717, 1.165) is 17.0 Å². The Morgan fingerprint density at radius 3 is 1.44 bits per heavy atom. The van der Waals surface area contributed by atoms with Gasteiger partial charge >= 0.3 is 29.6 Å². The largest absolute Gasteiger partial charge is 1.00 e. The zero-order valence-corrected chi connectivity index (χ0v) is 11.2. The Bertz CT molecular complexity index is 420. The van der Waals surface area contributed by atoms with Gasteiger partial charge in [-0.15, -0.1) is 35.4 Å². The zero-order valence-electron chi connectivity index (χ0n) is 9.22. The summed E-state index contributed by atoms with van der Waals surface area (Å²) in [6.45, 7) is 0. The predicted octanol–water partition coefficient (Wildman–Crippen LogP) is 0.185. The van der Waals surface area contributed by atoms with Crippen molar-refractivity contribution in [1.82, 2.24) is 0 Å². The van der Waals surface area contributed by atoms with Crippen LogP contribution in [0.15, 0.2) is 60.7 Å². The maximum atomic E-state index is 9.15. The molecule has 0 unspecified atom stereocenters. The van der Waals surface area contributed by atoms with Gasteiger partial charge in [-0.1, -0.05) is 36.4 Å². The molecule has 0 aliphatic rings. The fourth-order valence-corrected chi connectivity index (χ4v) is 1.51. The van der Waals surface area contributed by atoms with E-state index in [1.807, 2.05) is 60.7 Å². The molecule has 0 aliphatic heterocycles. The number of hydrogen-bond acceptors (Lipinski definition) is 1. The van der Waals surface area contributed by atoms with E-state index in [0.29, 0.717) is 0 Å². The fourth-order valence-electron chi connectivity index (χ4n) is 1.51. The molecule has 0 atom stereocenters. The Labute approximate surface area is 118 Å². The van der Waals surface area contributed by atoms with Gasteiger partial charge in [0.25, 0.3) is 0 Å². The molecule has 0 N–H and O–H groups in total. The van der Waals surface area contributed by atoms with Gasteiger partial charge in [0.05, 0.1) is 6.07 Å². The number of nitriles is 1. The molecule has 0 spiro atoms. The first-order valence-corrected chi connectivity index (χ1v) is 4.79.